The van der Waals surface area contributed by atoms with E-state index in [1.165, 1.54) is 7.22 Å². The molecule has 0 aliphatic heterocycles. The molecule has 0 aromatic heterocycles. The van der Waals surface area contributed by atoms with Gasteiger partial charge in [0.2, 0.25) is 0 Å². The molecule has 0 bridgehead atoms. The average Bonchev–Trinajstić information content (AvgIpc) is 3.30. The van der Waals surface area contributed by atoms with E-state index in [-0.39, 0.29) is 55.1 Å². The predicted octanol–water partition coefficient (Wildman–Crippen LogP) is 3.59. The van der Waals surface area contributed by atoms with E-state index in [0.29, 0.717) is 0 Å². The smallest absolute Gasteiger partial charge is 0.172 e. The molecule has 120 valence electrons. The zero-order valence-corrected chi connectivity index (χ0v) is 17.0. The Balaban J connectivity index is 0.000000342. The van der Waals surface area contributed by atoms with E-state index in [1.807, 2.05) is 60.7 Å². The van der Waals surface area contributed by atoms with Crippen molar-refractivity contribution in [1.29, 1.82) is 0 Å². The molecule has 3 heteroatoms. The van der Waals surface area contributed by atoms with Crippen LogP contribution in [0.15, 0.2) is 109 Å². The third-order valence-electron chi connectivity index (χ3n) is 2.61. The van der Waals surface area contributed by atoms with Gasteiger partial charge in [0.1, 0.15) is 0 Å². The van der Waals surface area contributed by atoms with E-state index in [2.05, 4.69) is 48.5 Å². The molecule has 4 aromatic rings. The van der Waals surface area contributed by atoms with Crippen LogP contribution in [0.4, 0.5) is 0 Å². The number of rotatable bonds is 2. The molecule has 4 rings (SSSR count). The maximum absolute atomic E-state index is 2.22. The van der Waals surface area contributed by atoms with Gasteiger partial charge in [-0.1, -0.05) is 0 Å². The summed E-state index contributed by atoms with van der Waals surface area (Å²) in [5.74, 6) is 0. The maximum atomic E-state index is 2.22. The minimum Gasteiger partial charge on any atom is -0.214 e. The van der Waals surface area contributed by atoms with Gasteiger partial charge >= 0.3 is 111 Å². The second kappa shape index (κ2) is 14.8. The van der Waals surface area contributed by atoms with Crippen LogP contribution >= 0.6 is 0 Å². The van der Waals surface area contributed by atoms with E-state index in [1.54, 1.807) is 0 Å². The van der Waals surface area contributed by atoms with E-state index < -0.39 is 0 Å². The maximum Gasteiger partial charge on any atom is -0.172 e. The zero-order valence-electron chi connectivity index (χ0n) is 12.5. The van der Waals surface area contributed by atoms with Crippen LogP contribution in [0, 0.1) is 0 Å². The van der Waals surface area contributed by atoms with Crippen molar-refractivity contribution in [2.24, 2.45) is 0 Å². The Morgan fingerprint density at radius 3 is 1.00 bits per heavy atom. The molecule has 0 saturated carbocycles. The second-order valence-electron chi connectivity index (χ2n) is 4.27. The van der Waals surface area contributed by atoms with Gasteiger partial charge in [0.25, 0.3) is 0 Å². The van der Waals surface area contributed by atoms with Crippen molar-refractivity contribution in [2.45, 2.75) is 0 Å². The summed E-state index contributed by atoms with van der Waals surface area (Å²) in [5, 5.41) is 0. The number of hydrogen-bond donors (Lipinski definition) is 0. The first kappa shape index (κ1) is 22.2. The standard InChI is InChI=1S/C10H8Te.2C5H5.2Fe/c1-2-6-9(5-1)11-10-7-3-4-8-10;2*1-2-4-5-3-1;;/h1-8H;2*1-5H;;/q-2;2*-1;2*+2. The van der Waals surface area contributed by atoms with Crippen molar-refractivity contribution in [1.82, 2.24) is 0 Å². The van der Waals surface area contributed by atoms with Crippen molar-refractivity contribution in [3.63, 3.8) is 0 Å². The molecule has 0 amide bonds. The van der Waals surface area contributed by atoms with Crippen LogP contribution in [0.3, 0.4) is 0 Å². The van der Waals surface area contributed by atoms with E-state index in [9.17, 15) is 0 Å². The molecule has 0 radical (unpaired) electrons. The van der Waals surface area contributed by atoms with Crippen LogP contribution in [0.1, 0.15) is 0 Å². The molecular formula is C20H18Fe2Te. The van der Waals surface area contributed by atoms with Crippen molar-refractivity contribution in [2.75, 3.05) is 0 Å². The molecule has 0 unspecified atom stereocenters. The van der Waals surface area contributed by atoms with Gasteiger partial charge in [-0.25, -0.2) is 24.3 Å². The fourth-order valence-electron chi connectivity index (χ4n) is 1.63. The van der Waals surface area contributed by atoms with Gasteiger partial charge in [-0.05, 0) is 0 Å². The summed E-state index contributed by atoms with van der Waals surface area (Å²) in [6, 6.07) is 37.3. The Hall–Kier alpha value is -0.771. The van der Waals surface area contributed by atoms with E-state index in [4.69, 9.17) is 0 Å². The van der Waals surface area contributed by atoms with Crippen LogP contribution in [0.2, 0.25) is 0 Å². The first-order valence-electron chi connectivity index (χ1n) is 6.90. The summed E-state index contributed by atoms with van der Waals surface area (Å²) < 4.78 is 3.06. The molecule has 0 N–H and O–H groups in total. The molecule has 0 spiro atoms. The van der Waals surface area contributed by atoms with Crippen LogP contribution < -0.4 is 7.22 Å². The predicted molar refractivity (Wildman–Crippen MR) is 93.2 cm³/mol. The van der Waals surface area contributed by atoms with Crippen molar-refractivity contribution < 1.29 is 34.1 Å². The van der Waals surface area contributed by atoms with Gasteiger partial charge in [-0.15, -0.1) is 0 Å². The van der Waals surface area contributed by atoms with Crippen molar-refractivity contribution in [3.05, 3.63) is 109 Å². The Bertz CT molecular complexity index is 525. The van der Waals surface area contributed by atoms with Gasteiger partial charge < -0.3 is 0 Å². The molecule has 23 heavy (non-hydrogen) atoms. The van der Waals surface area contributed by atoms with Crippen LogP contribution in [-0.2, 0) is 34.1 Å². The molecule has 0 atom stereocenters. The fraction of sp³-hybridized carbons (Fsp3) is 0. The molecular weight excluding hydrogens is 480 g/mol. The minimum absolute atomic E-state index is 0. The molecule has 0 nitrogen and oxygen atoms in total. The third-order valence-corrected chi connectivity index (χ3v) is 5.51. The third kappa shape index (κ3) is 10.6. The summed E-state index contributed by atoms with van der Waals surface area (Å²) in [6.07, 6.45) is 0. The SMILES string of the molecule is [Fe+2].[Fe+2].c1cc[c-]([Te][c-]2cccc2)c1.c1cc[cH-]c1.c1cc[cH-]c1. The average molecular weight is 498 g/mol. The summed E-state index contributed by atoms with van der Waals surface area (Å²) in [4.78, 5) is 0. The van der Waals surface area contributed by atoms with Gasteiger partial charge in [-0.2, -0.15) is 36.4 Å². The van der Waals surface area contributed by atoms with Crippen LogP contribution in [-0.4, -0.2) is 20.9 Å². The van der Waals surface area contributed by atoms with Gasteiger partial charge in [0, 0.05) is 0 Å². The van der Waals surface area contributed by atoms with Gasteiger partial charge in [0.15, 0.2) is 0 Å². The largest absolute Gasteiger partial charge is 0.214 e. The monoisotopic (exact) mass is 500 g/mol. The molecule has 4 aromatic carbocycles. The number of hydrogen-bond acceptors (Lipinski definition) is 0. The molecule has 0 fully saturated rings. The quantitative estimate of drug-likeness (QED) is 0.293. The Labute approximate surface area is 170 Å². The van der Waals surface area contributed by atoms with Gasteiger partial charge in [0.05, 0.1) is 0 Å². The summed E-state index contributed by atoms with van der Waals surface area (Å²) in [6.45, 7) is 0. The zero-order chi connectivity index (χ0) is 14.6. The molecule has 0 aliphatic carbocycles. The molecule has 0 heterocycles. The Morgan fingerprint density at radius 1 is 0.478 bits per heavy atom. The van der Waals surface area contributed by atoms with E-state index >= 15 is 0 Å². The molecule has 0 saturated heterocycles. The van der Waals surface area contributed by atoms with Crippen LogP contribution in [0.25, 0.3) is 0 Å². The topological polar surface area (TPSA) is 0 Å². The summed E-state index contributed by atoms with van der Waals surface area (Å²) in [7, 11) is 0. The Morgan fingerprint density at radius 2 is 0.783 bits per heavy atom. The molecule has 0 aliphatic rings. The first-order chi connectivity index (χ1) is 10.4. The summed E-state index contributed by atoms with van der Waals surface area (Å²) in [5.41, 5.74) is 0. The van der Waals surface area contributed by atoms with Crippen LogP contribution in [0.5, 0.6) is 0 Å². The van der Waals surface area contributed by atoms with Gasteiger partial charge in [-0.3, -0.25) is 0 Å². The Kier molecular flexibility index (Phi) is 14.3. The normalized spacial score (nSPS) is 8.35. The van der Waals surface area contributed by atoms with Crippen molar-refractivity contribution in [3.8, 4) is 0 Å². The van der Waals surface area contributed by atoms with Crippen molar-refractivity contribution >= 4 is 28.1 Å². The first-order valence-corrected chi connectivity index (χ1v) is 9.23. The minimum atomic E-state index is -0.0717. The second-order valence-corrected chi connectivity index (χ2v) is 7.54. The fourth-order valence-corrected chi connectivity index (χ4v) is 4.08. The van der Waals surface area contributed by atoms with E-state index in [0.717, 1.165) is 0 Å². The summed E-state index contributed by atoms with van der Waals surface area (Å²) >= 11 is -0.0717.